The minimum absolute atomic E-state index is 0.0518. The number of aromatic nitrogens is 1. The first kappa shape index (κ1) is 15.9. The highest BCUT2D eigenvalue weighted by Crippen LogP contribution is 2.27. The lowest BCUT2D eigenvalue weighted by atomic mass is 10.0. The van der Waals surface area contributed by atoms with Gasteiger partial charge in [-0.1, -0.05) is 13.0 Å². The van der Waals surface area contributed by atoms with Gasteiger partial charge in [-0.05, 0) is 58.7 Å². The highest BCUT2D eigenvalue weighted by molar-refractivity contribution is 9.10. The van der Waals surface area contributed by atoms with Crippen molar-refractivity contribution in [2.75, 3.05) is 13.7 Å². The van der Waals surface area contributed by atoms with Crippen molar-refractivity contribution in [3.63, 3.8) is 0 Å². The van der Waals surface area contributed by atoms with E-state index in [0.29, 0.717) is 0 Å². The normalized spacial score (nSPS) is 12.2. The number of nitrogens with zero attached hydrogens (tertiary/aromatic N) is 1. The monoisotopic (exact) mass is 352 g/mol. The zero-order chi connectivity index (χ0) is 15.2. The average molecular weight is 353 g/mol. The molecule has 0 aliphatic carbocycles. The van der Waals surface area contributed by atoms with Gasteiger partial charge in [0, 0.05) is 0 Å². The van der Waals surface area contributed by atoms with Crippen LogP contribution >= 0.6 is 15.9 Å². The third-order valence-corrected chi connectivity index (χ3v) is 3.83. The van der Waals surface area contributed by atoms with E-state index in [-0.39, 0.29) is 11.9 Å². The summed E-state index contributed by atoms with van der Waals surface area (Å²) in [6.07, 6.45) is 2.03. The first-order valence-electron chi connectivity index (χ1n) is 6.81. The van der Waals surface area contributed by atoms with E-state index in [4.69, 9.17) is 4.74 Å². The molecule has 1 atom stereocenters. The summed E-state index contributed by atoms with van der Waals surface area (Å²) in [6, 6.07) is 9.21. The van der Waals surface area contributed by atoms with Crippen molar-refractivity contribution in [1.29, 1.82) is 0 Å². The zero-order valence-corrected chi connectivity index (χ0v) is 13.7. The van der Waals surface area contributed by atoms with Crippen LogP contribution in [0.25, 0.3) is 0 Å². The van der Waals surface area contributed by atoms with Gasteiger partial charge in [-0.3, -0.25) is 4.98 Å². The second kappa shape index (κ2) is 7.52. The second-order valence-corrected chi connectivity index (χ2v) is 5.54. The predicted molar refractivity (Wildman–Crippen MR) is 85.0 cm³/mol. The molecule has 21 heavy (non-hydrogen) atoms. The Kier molecular flexibility index (Phi) is 5.70. The Morgan fingerprint density at radius 3 is 2.71 bits per heavy atom. The first-order chi connectivity index (χ1) is 10.1. The number of hydrogen-bond acceptors (Lipinski definition) is 3. The number of halogens is 2. The van der Waals surface area contributed by atoms with Crippen LogP contribution in [0, 0.1) is 5.82 Å². The fourth-order valence-electron chi connectivity index (χ4n) is 2.19. The summed E-state index contributed by atoms with van der Waals surface area (Å²) in [5, 5.41) is 3.38. The van der Waals surface area contributed by atoms with E-state index < -0.39 is 0 Å². The number of ether oxygens (including phenoxy) is 1. The highest BCUT2D eigenvalue weighted by Gasteiger charge is 2.13. The average Bonchev–Trinajstić information content (AvgIpc) is 2.48. The van der Waals surface area contributed by atoms with E-state index in [1.54, 1.807) is 13.2 Å². The van der Waals surface area contributed by atoms with E-state index >= 15 is 0 Å². The summed E-state index contributed by atoms with van der Waals surface area (Å²) in [5.74, 6) is 0.486. The SMILES string of the molecule is CCNC(Cc1ccc(OC)c(Br)c1)c1ccc(F)cn1. The van der Waals surface area contributed by atoms with Gasteiger partial charge in [-0.15, -0.1) is 0 Å². The van der Waals surface area contributed by atoms with E-state index in [1.807, 2.05) is 25.1 Å². The smallest absolute Gasteiger partial charge is 0.141 e. The molecule has 2 aromatic rings. The largest absolute Gasteiger partial charge is 0.496 e. The van der Waals surface area contributed by atoms with Gasteiger partial charge in [0.05, 0.1) is 29.5 Å². The summed E-state index contributed by atoms with van der Waals surface area (Å²) < 4.78 is 19.2. The molecule has 2 rings (SSSR count). The molecule has 0 radical (unpaired) electrons. The number of methoxy groups -OCH3 is 1. The lowest BCUT2D eigenvalue weighted by Gasteiger charge is -2.18. The first-order valence-corrected chi connectivity index (χ1v) is 7.60. The van der Waals surface area contributed by atoms with Gasteiger partial charge in [0.1, 0.15) is 11.6 Å². The lowest BCUT2D eigenvalue weighted by molar-refractivity contribution is 0.412. The standard InChI is InChI=1S/C16H18BrFN2O/c1-3-19-15(14-6-5-12(18)10-20-14)9-11-4-7-16(21-2)13(17)8-11/h4-8,10,15,19H,3,9H2,1-2H3. The Morgan fingerprint density at radius 1 is 1.33 bits per heavy atom. The Morgan fingerprint density at radius 2 is 2.14 bits per heavy atom. The molecule has 0 fully saturated rings. The van der Waals surface area contributed by atoms with Crippen LogP contribution < -0.4 is 10.1 Å². The van der Waals surface area contributed by atoms with E-state index in [1.165, 1.54) is 12.3 Å². The van der Waals surface area contributed by atoms with E-state index in [9.17, 15) is 4.39 Å². The summed E-state index contributed by atoms with van der Waals surface area (Å²) in [4.78, 5) is 4.18. The third kappa shape index (κ3) is 4.25. The molecule has 3 nitrogen and oxygen atoms in total. The van der Waals surface area contributed by atoms with Gasteiger partial charge in [0.2, 0.25) is 0 Å². The lowest BCUT2D eigenvalue weighted by Crippen LogP contribution is -2.24. The molecule has 5 heteroatoms. The van der Waals surface area contributed by atoms with Crippen molar-refractivity contribution >= 4 is 15.9 Å². The molecule has 0 saturated heterocycles. The summed E-state index contributed by atoms with van der Waals surface area (Å²) in [7, 11) is 1.64. The molecule has 0 saturated carbocycles. The maximum Gasteiger partial charge on any atom is 0.141 e. The van der Waals surface area contributed by atoms with Crippen molar-refractivity contribution in [2.45, 2.75) is 19.4 Å². The van der Waals surface area contributed by atoms with Gasteiger partial charge >= 0.3 is 0 Å². The molecular weight excluding hydrogens is 335 g/mol. The van der Waals surface area contributed by atoms with Gasteiger partial charge in [0.25, 0.3) is 0 Å². The van der Waals surface area contributed by atoms with Gasteiger partial charge in [0.15, 0.2) is 0 Å². The summed E-state index contributed by atoms with van der Waals surface area (Å²) >= 11 is 3.49. The molecule has 112 valence electrons. The molecule has 0 amide bonds. The number of pyridine rings is 1. The van der Waals surface area contributed by atoms with Crippen LogP contribution in [0.3, 0.4) is 0 Å². The van der Waals surface area contributed by atoms with Crippen LogP contribution in [0.15, 0.2) is 41.0 Å². The maximum atomic E-state index is 13.0. The Labute approximate surface area is 132 Å². The van der Waals surface area contributed by atoms with Crippen LogP contribution in [0.4, 0.5) is 4.39 Å². The molecule has 0 bridgehead atoms. The minimum atomic E-state index is -0.318. The van der Waals surface area contributed by atoms with E-state index in [2.05, 4.69) is 26.2 Å². The Balaban J connectivity index is 2.19. The Hall–Kier alpha value is -1.46. The molecule has 0 spiro atoms. The van der Waals surface area contributed by atoms with Crippen LogP contribution in [0.2, 0.25) is 0 Å². The highest BCUT2D eigenvalue weighted by atomic mass is 79.9. The quantitative estimate of drug-likeness (QED) is 0.856. The molecule has 1 heterocycles. The molecule has 1 aromatic carbocycles. The number of rotatable bonds is 6. The van der Waals surface area contributed by atoms with Gasteiger partial charge in [-0.2, -0.15) is 0 Å². The van der Waals surface area contributed by atoms with Crippen LogP contribution in [0.1, 0.15) is 24.2 Å². The molecule has 1 unspecified atom stereocenters. The van der Waals surface area contributed by atoms with Crippen molar-refractivity contribution in [2.24, 2.45) is 0 Å². The van der Waals surface area contributed by atoms with E-state index in [0.717, 1.165) is 34.4 Å². The minimum Gasteiger partial charge on any atom is -0.496 e. The summed E-state index contributed by atoms with van der Waals surface area (Å²) in [5.41, 5.74) is 1.99. The topological polar surface area (TPSA) is 34.1 Å². The number of nitrogens with one attached hydrogen (secondary N) is 1. The molecule has 1 N–H and O–H groups in total. The van der Waals surface area contributed by atoms with Gasteiger partial charge in [-0.25, -0.2) is 4.39 Å². The van der Waals surface area contributed by atoms with Crippen LogP contribution in [0.5, 0.6) is 5.75 Å². The van der Waals surface area contributed by atoms with Gasteiger partial charge < -0.3 is 10.1 Å². The summed E-state index contributed by atoms with van der Waals surface area (Å²) in [6.45, 7) is 2.86. The maximum absolute atomic E-state index is 13.0. The number of hydrogen-bond donors (Lipinski definition) is 1. The Bertz CT molecular complexity index is 589. The van der Waals surface area contributed by atoms with Crippen molar-refractivity contribution in [3.05, 3.63) is 58.1 Å². The fraction of sp³-hybridized carbons (Fsp3) is 0.312. The molecule has 0 aliphatic heterocycles. The number of likely N-dealkylation sites (N-methyl/N-ethyl adjacent to an activating group) is 1. The predicted octanol–water partition coefficient (Wildman–Crippen LogP) is 3.89. The van der Waals surface area contributed by atoms with Crippen LogP contribution in [-0.4, -0.2) is 18.6 Å². The molecule has 1 aromatic heterocycles. The third-order valence-electron chi connectivity index (χ3n) is 3.21. The van der Waals surface area contributed by atoms with Crippen molar-refractivity contribution in [3.8, 4) is 5.75 Å². The zero-order valence-electron chi connectivity index (χ0n) is 12.1. The molecular formula is C16H18BrFN2O. The molecule has 0 aliphatic rings. The number of benzene rings is 1. The second-order valence-electron chi connectivity index (χ2n) is 4.68. The van der Waals surface area contributed by atoms with Crippen molar-refractivity contribution in [1.82, 2.24) is 10.3 Å². The van der Waals surface area contributed by atoms with Crippen molar-refractivity contribution < 1.29 is 9.13 Å². The fourth-order valence-corrected chi connectivity index (χ4v) is 2.78. The van der Waals surface area contributed by atoms with Crippen LogP contribution in [-0.2, 0) is 6.42 Å².